The third kappa shape index (κ3) is 5.02. The molecule has 0 saturated heterocycles. The Morgan fingerprint density at radius 3 is 2.38 bits per heavy atom. The predicted octanol–water partition coefficient (Wildman–Crippen LogP) is 4.54. The molecule has 2 N–H and O–H groups in total. The maximum Gasteiger partial charge on any atom is 0.171 e. The molecule has 0 spiro atoms. The minimum atomic E-state index is 0.0501. The Labute approximate surface area is 160 Å². The molecule has 26 heavy (non-hydrogen) atoms. The number of nitrogens with one attached hydrogen (secondary N) is 2. The first-order chi connectivity index (χ1) is 12.6. The van der Waals surface area contributed by atoms with Gasteiger partial charge in [0.25, 0.3) is 0 Å². The summed E-state index contributed by atoms with van der Waals surface area (Å²) in [5.41, 5.74) is 1.92. The van der Waals surface area contributed by atoms with Crippen molar-refractivity contribution in [2.75, 3.05) is 26.1 Å². The van der Waals surface area contributed by atoms with Crippen molar-refractivity contribution in [2.45, 2.75) is 26.3 Å². The largest absolute Gasteiger partial charge is 0.493 e. The first kappa shape index (κ1) is 19.8. The maximum absolute atomic E-state index is 5.63. The first-order valence-corrected chi connectivity index (χ1v) is 9.05. The fraction of sp³-hybridized carbons (Fsp3) is 0.350. The maximum atomic E-state index is 5.63. The van der Waals surface area contributed by atoms with Gasteiger partial charge < -0.3 is 24.8 Å². The zero-order chi connectivity index (χ0) is 18.9. The molecule has 0 heterocycles. The number of methoxy groups -OCH3 is 2. The molecule has 0 aliphatic heterocycles. The Balaban J connectivity index is 2.11. The molecule has 0 radical (unpaired) electrons. The van der Waals surface area contributed by atoms with E-state index in [9.17, 15) is 0 Å². The van der Waals surface area contributed by atoms with Gasteiger partial charge in [-0.1, -0.05) is 25.1 Å². The van der Waals surface area contributed by atoms with Gasteiger partial charge in [-0.05, 0) is 55.4 Å². The highest BCUT2D eigenvalue weighted by molar-refractivity contribution is 7.80. The average Bonchev–Trinajstić information content (AvgIpc) is 2.67. The van der Waals surface area contributed by atoms with E-state index in [1.54, 1.807) is 14.2 Å². The van der Waals surface area contributed by atoms with E-state index >= 15 is 0 Å². The molecule has 2 rings (SSSR count). The summed E-state index contributed by atoms with van der Waals surface area (Å²) < 4.78 is 16.3. The van der Waals surface area contributed by atoms with Gasteiger partial charge in [0.05, 0.1) is 32.6 Å². The summed E-state index contributed by atoms with van der Waals surface area (Å²) >= 11 is 5.50. The summed E-state index contributed by atoms with van der Waals surface area (Å²) in [6.07, 6.45) is 0.865. The Morgan fingerprint density at radius 1 is 1.00 bits per heavy atom. The van der Waals surface area contributed by atoms with Crippen LogP contribution in [0.3, 0.4) is 0 Å². The van der Waals surface area contributed by atoms with E-state index in [2.05, 4.69) is 17.6 Å². The fourth-order valence-electron chi connectivity index (χ4n) is 2.66. The second-order valence-electron chi connectivity index (χ2n) is 5.60. The molecule has 0 bridgehead atoms. The lowest BCUT2D eigenvalue weighted by Crippen LogP contribution is -2.32. The lowest BCUT2D eigenvalue weighted by Gasteiger charge is -2.22. The van der Waals surface area contributed by atoms with Crippen LogP contribution in [0, 0.1) is 0 Å². The second kappa shape index (κ2) is 9.87. The number of thiocarbonyl (C=S) groups is 1. The van der Waals surface area contributed by atoms with Gasteiger partial charge in [-0.3, -0.25) is 0 Å². The summed E-state index contributed by atoms with van der Waals surface area (Å²) in [6, 6.07) is 13.7. The summed E-state index contributed by atoms with van der Waals surface area (Å²) in [5.74, 6) is 2.18. The fourth-order valence-corrected chi connectivity index (χ4v) is 2.91. The average molecular weight is 375 g/mol. The second-order valence-corrected chi connectivity index (χ2v) is 6.01. The SMILES string of the molecule is CCOc1ccccc1NC(=S)N[C@H](CC)c1ccc(OC)c(OC)c1. The first-order valence-electron chi connectivity index (χ1n) is 8.64. The molecule has 1 atom stereocenters. The van der Waals surface area contributed by atoms with E-state index in [1.165, 1.54) is 0 Å². The van der Waals surface area contributed by atoms with E-state index in [1.807, 2.05) is 49.4 Å². The van der Waals surface area contributed by atoms with Crippen molar-refractivity contribution >= 4 is 23.0 Å². The van der Waals surface area contributed by atoms with Crippen LogP contribution < -0.4 is 24.8 Å². The molecular weight excluding hydrogens is 348 g/mol. The summed E-state index contributed by atoms with van der Waals surface area (Å²) in [4.78, 5) is 0. The third-order valence-corrected chi connectivity index (χ3v) is 4.18. The standard InChI is InChI=1S/C20H26N2O3S/c1-5-15(14-11-12-18(23-3)19(13-14)24-4)21-20(26)22-16-9-7-8-10-17(16)25-6-2/h7-13,15H,5-6H2,1-4H3,(H2,21,22,26)/t15-/m1/s1. The summed E-state index contributed by atoms with van der Waals surface area (Å²) in [5, 5.41) is 7.12. The zero-order valence-corrected chi connectivity index (χ0v) is 16.5. The number of rotatable bonds is 8. The van der Waals surface area contributed by atoms with Crippen molar-refractivity contribution < 1.29 is 14.2 Å². The number of anilines is 1. The Hall–Kier alpha value is -2.47. The van der Waals surface area contributed by atoms with Gasteiger partial charge in [0.2, 0.25) is 0 Å². The monoisotopic (exact) mass is 374 g/mol. The van der Waals surface area contributed by atoms with Gasteiger partial charge >= 0.3 is 0 Å². The van der Waals surface area contributed by atoms with E-state index < -0.39 is 0 Å². The van der Waals surface area contributed by atoms with E-state index in [0.717, 1.165) is 23.4 Å². The summed E-state index contributed by atoms with van der Waals surface area (Å²) in [7, 11) is 3.26. The molecule has 0 saturated carbocycles. The molecule has 2 aromatic carbocycles. The van der Waals surface area contributed by atoms with Crippen LogP contribution in [0.4, 0.5) is 5.69 Å². The van der Waals surface area contributed by atoms with Gasteiger partial charge in [-0.2, -0.15) is 0 Å². The molecule has 0 fully saturated rings. The van der Waals surface area contributed by atoms with Crippen molar-refractivity contribution in [1.82, 2.24) is 5.32 Å². The quantitative estimate of drug-likeness (QED) is 0.662. The summed E-state index contributed by atoms with van der Waals surface area (Å²) in [6.45, 7) is 4.66. The van der Waals surface area contributed by atoms with Gasteiger partial charge in [0.1, 0.15) is 5.75 Å². The highest BCUT2D eigenvalue weighted by atomic mass is 32.1. The highest BCUT2D eigenvalue weighted by Crippen LogP contribution is 2.31. The van der Waals surface area contributed by atoms with Crippen molar-refractivity contribution in [1.29, 1.82) is 0 Å². The molecule has 5 nitrogen and oxygen atoms in total. The number of hydrogen-bond donors (Lipinski definition) is 2. The van der Waals surface area contributed by atoms with Crippen LogP contribution in [0.15, 0.2) is 42.5 Å². The van der Waals surface area contributed by atoms with Crippen LogP contribution in [0.25, 0.3) is 0 Å². The van der Waals surface area contributed by atoms with Crippen LogP contribution >= 0.6 is 12.2 Å². The van der Waals surface area contributed by atoms with Crippen LogP contribution in [-0.4, -0.2) is 25.9 Å². The third-order valence-electron chi connectivity index (χ3n) is 3.96. The number of benzene rings is 2. The van der Waals surface area contributed by atoms with E-state index in [4.69, 9.17) is 26.4 Å². The number of ether oxygens (including phenoxy) is 3. The highest BCUT2D eigenvalue weighted by Gasteiger charge is 2.14. The van der Waals surface area contributed by atoms with E-state index in [0.29, 0.717) is 23.2 Å². The predicted molar refractivity (Wildman–Crippen MR) is 110 cm³/mol. The lowest BCUT2D eigenvalue weighted by atomic mass is 10.0. The molecule has 140 valence electrons. The van der Waals surface area contributed by atoms with Gasteiger partial charge in [0, 0.05) is 0 Å². The van der Waals surface area contributed by atoms with Gasteiger partial charge in [-0.25, -0.2) is 0 Å². The number of para-hydroxylation sites is 2. The molecule has 0 aliphatic carbocycles. The normalized spacial score (nSPS) is 11.4. The zero-order valence-electron chi connectivity index (χ0n) is 15.7. The van der Waals surface area contributed by atoms with Gasteiger partial charge in [0.15, 0.2) is 16.6 Å². The van der Waals surface area contributed by atoms with Crippen molar-refractivity contribution in [2.24, 2.45) is 0 Å². The molecular formula is C20H26N2O3S. The van der Waals surface area contributed by atoms with Crippen molar-refractivity contribution in [3.8, 4) is 17.2 Å². The molecule has 0 unspecified atom stereocenters. The molecule has 2 aromatic rings. The topological polar surface area (TPSA) is 51.8 Å². The minimum absolute atomic E-state index is 0.0501. The Kier molecular flexibility index (Phi) is 7.53. The molecule has 0 amide bonds. The smallest absolute Gasteiger partial charge is 0.171 e. The van der Waals surface area contributed by atoms with E-state index in [-0.39, 0.29) is 6.04 Å². The Morgan fingerprint density at radius 2 is 1.73 bits per heavy atom. The van der Waals surface area contributed by atoms with Crippen LogP contribution in [0.2, 0.25) is 0 Å². The van der Waals surface area contributed by atoms with Crippen LogP contribution in [0.5, 0.6) is 17.2 Å². The van der Waals surface area contributed by atoms with Crippen molar-refractivity contribution in [3.05, 3.63) is 48.0 Å². The van der Waals surface area contributed by atoms with Crippen molar-refractivity contribution in [3.63, 3.8) is 0 Å². The minimum Gasteiger partial charge on any atom is -0.493 e. The van der Waals surface area contributed by atoms with Crippen LogP contribution in [0.1, 0.15) is 31.9 Å². The lowest BCUT2D eigenvalue weighted by molar-refractivity contribution is 0.342. The molecule has 6 heteroatoms. The Bertz CT molecular complexity index is 737. The molecule has 0 aliphatic rings. The number of hydrogen-bond acceptors (Lipinski definition) is 4. The van der Waals surface area contributed by atoms with Crippen LogP contribution in [-0.2, 0) is 0 Å². The molecule has 0 aromatic heterocycles. The van der Waals surface area contributed by atoms with Gasteiger partial charge in [-0.15, -0.1) is 0 Å².